The Morgan fingerprint density at radius 2 is 2.32 bits per heavy atom. The van der Waals surface area contributed by atoms with Crippen molar-refractivity contribution in [1.29, 1.82) is 0 Å². The number of alkyl halides is 3. The van der Waals surface area contributed by atoms with Crippen LogP contribution in [-0.4, -0.2) is 12.1 Å². The second-order valence-electron chi connectivity index (χ2n) is 4.37. The standard InChI is InChI=1S/C13H14F3NO2/c1-2-10-5-3-8-7-9(13(14,15)16)4-6-11(8)17(10)12(18)19/h4,6-7,10H,2-3,5H2,1H3,(H,18,19)/p-1/i1D3. The highest BCUT2D eigenvalue weighted by Crippen LogP contribution is 2.37. The maximum atomic E-state index is 12.7. The molecule has 1 unspecified atom stereocenters. The number of fused-ring (bicyclic) bond motifs is 1. The van der Waals surface area contributed by atoms with Crippen molar-refractivity contribution in [3.63, 3.8) is 0 Å². The molecule has 1 atom stereocenters. The van der Waals surface area contributed by atoms with E-state index in [0.29, 0.717) is 0 Å². The van der Waals surface area contributed by atoms with Crippen LogP contribution < -0.4 is 10.0 Å². The molecule has 0 saturated heterocycles. The van der Waals surface area contributed by atoms with Crippen LogP contribution >= 0.6 is 0 Å². The molecule has 0 bridgehead atoms. The molecular formula is C13H13F3NO2-. The fraction of sp³-hybridized carbons (Fsp3) is 0.462. The minimum atomic E-state index is -4.52. The number of carbonyl (C=O) groups is 1. The van der Waals surface area contributed by atoms with E-state index in [1.807, 2.05) is 0 Å². The number of rotatable bonds is 1. The van der Waals surface area contributed by atoms with Gasteiger partial charge in [-0.1, -0.05) is 6.85 Å². The first-order valence-electron chi connectivity index (χ1n) is 7.19. The Kier molecular flexibility index (Phi) is 2.53. The average molecular weight is 275 g/mol. The lowest BCUT2D eigenvalue weighted by molar-refractivity contribution is -0.247. The van der Waals surface area contributed by atoms with Crippen LogP contribution in [0.1, 0.15) is 34.9 Å². The van der Waals surface area contributed by atoms with Gasteiger partial charge in [-0.3, -0.25) is 0 Å². The number of carboxylic acid groups (broad SMARTS) is 1. The average Bonchev–Trinajstić information content (AvgIpc) is 2.34. The van der Waals surface area contributed by atoms with E-state index in [1.54, 1.807) is 0 Å². The largest absolute Gasteiger partial charge is 0.530 e. The molecule has 1 amide bonds. The predicted octanol–water partition coefficient (Wildman–Crippen LogP) is 2.58. The van der Waals surface area contributed by atoms with Crippen molar-refractivity contribution >= 4 is 11.8 Å². The molecule has 6 heteroatoms. The summed E-state index contributed by atoms with van der Waals surface area (Å²) in [5, 5.41) is 11.3. The molecule has 0 spiro atoms. The first-order chi connectivity index (χ1) is 9.99. The van der Waals surface area contributed by atoms with Gasteiger partial charge in [-0.05, 0) is 43.0 Å². The highest BCUT2D eigenvalue weighted by molar-refractivity contribution is 5.87. The van der Waals surface area contributed by atoms with Gasteiger partial charge in [0.2, 0.25) is 0 Å². The molecule has 0 saturated carbocycles. The van der Waals surface area contributed by atoms with Gasteiger partial charge in [-0.2, -0.15) is 13.2 Å². The van der Waals surface area contributed by atoms with E-state index in [0.717, 1.165) is 23.1 Å². The number of carbonyl (C=O) groups excluding carboxylic acids is 1. The minimum Gasteiger partial charge on any atom is -0.530 e. The Hall–Kier alpha value is -1.72. The Balaban J connectivity index is 2.40. The van der Waals surface area contributed by atoms with E-state index < -0.39 is 30.7 Å². The fourth-order valence-corrected chi connectivity index (χ4v) is 2.29. The summed E-state index contributed by atoms with van der Waals surface area (Å²) in [6, 6.07) is 1.91. The van der Waals surface area contributed by atoms with Gasteiger partial charge < -0.3 is 14.8 Å². The maximum absolute atomic E-state index is 12.7. The third-order valence-electron chi connectivity index (χ3n) is 3.21. The van der Waals surface area contributed by atoms with Crippen LogP contribution in [0, 0.1) is 0 Å². The maximum Gasteiger partial charge on any atom is 0.416 e. The molecule has 1 aliphatic heterocycles. The molecule has 1 aliphatic rings. The van der Waals surface area contributed by atoms with Gasteiger partial charge in [-0.25, -0.2) is 0 Å². The van der Waals surface area contributed by atoms with Crippen molar-refractivity contribution in [1.82, 2.24) is 0 Å². The first kappa shape index (κ1) is 10.1. The highest BCUT2D eigenvalue weighted by Gasteiger charge is 2.33. The number of hydrogen-bond donors (Lipinski definition) is 0. The lowest BCUT2D eigenvalue weighted by Crippen LogP contribution is -2.49. The molecule has 0 fully saturated rings. The Labute approximate surface area is 112 Å². The van der Waals surface area contributed by atoms with Crippen LogP contribution in [0.4, 0.5) is 23.7 Å². The van der Waals surface area contributed by atoms with Gasteiger partial charge >= 0.3 is 6.18 Å². The molecule has 0 aliphatic carbocycles. The third-order valence-corrected chi connectivity index (χ3v) is 3.21. The van der Waals surface area contributed by atoms with E-state index >= 15 is 0 Å². The van der Waals surface area contributed by atoms with Crippen molar-refractivity contribution in [3.8, 4) is 0 Å². The van der Waals surface area contributed by atoms with Crippen molar-refractivity contribution < 1.29 is 27.2 Å². The molecule has 0 N–H and O–H groups in total. The van der Waals surface area contributed by atoms with Gasteiger partial charge in [0.05, 0.1) is 5.56 Å². The van der Waals surface area contributed by atoms with Gasteiger partial charge in [0.15, 0.2) is 0 Å². The molecule has 3 nitrogen and oxygen atoms in total. The predicted molar refractivity (Wildman–Crippen MR) is 61.7 cm³/mol. The lowest BCUT2D eigenvalue weighted by Gasteiger charge is -2.39. The molecule has 1 heterocycles. The molecule has 2 rings (SSSR count). The summed E-state index contributed by atoms with van der Waals surface area (Å²) in [4.78, 5) is 12.1. The number of hydrogen-bond acceptors (Lipinski definition) is 2. The SMILES string of the molecule is [2H]C([2H])([2H])CC1CCc2cc(C(F)(F)F)ccc2N1C(=O)[O-]. The molecule has 0 radical (unpaired) electrons. The number of amides is 1. The lowest BCUT2D eigenvalue weighted by atomic mass is 9.93. The summed E-state index contributed by atoms with van der Waals surface area (Å²) in [5.74, 6) is 0. The Bertz CT molecular complexity index is 587. The van der Waals surface area contributed by atoms with E-state index in [-0.39, 0.29) is 30.5 Å². The summed E-state index contributed by atoms with van der Waals surface area (Å²) in [7, 11) is 0. The van der Waals surface area contributed by atoms with E-state index in [4.69, 9.17) is 4.11 Å². The third kappa shape index (κ3) is 2.52. The minimum absolute atomic E-state index is 0.0634. The zero-order chi connectivity index (χ0) is 16.7. The van der Waals surface area contributed by atoms with Gasteiger partial charge in [0.25, 0.3) is 0 Å². The highest BCUT2D eigenvalue weighted by atomic mass is 19.4. The van der Waals surface area contributed by atoms with Crippen molar-refractivity contribution in [2.75, 3.05) is 4.90 Å². The molecule has 0 aromatic heterocycles. The summed E-state index contributed by atoms with van der Waals surface area (Å²) >= 11 is 0. The smallest absolute Gasteiger partial charge is 0.416 e. The van der Waals surface area contributed by atoms with E-state index in [9.17, 15) is 23.1 Å². The van der Waals surface area contributed by atoms with Gasteiger partial charge in [0, 0.05) is 15.8 Å². The number of halogens is 3. The van der Waals surface area contributed by atoms with Crippen LogP contribution in [0.15, 0.2) is 18.2 Å². The Morgan fingerprint density at radius 1 is 1.58 bits per heavy atom. The van der Waals surface area contributed by atoms with Crippen LogP contribution in [0.25, 0.3) is 0 Å². The van der Waals surface area contributed by atoms with E-state index in [1.165, 1.54) is 0 Å². The van der Waals surface area contributed by atoms with Gasteiger partial charge in [-0.15, -0.1) is 0 Å². The summed E-state index contributed by atoms with van der Waals surface area (Å²) < 4.78 is 59.8. The molecular weight excluding hydrogens is 259 g/mol. The normalized spacial score (nSPS) is 22.2. The fourth-order valence-electron chi connectivity index (χ4n) is 2.29. The number of anilines is 1. The molecule has 19 heavy (non-hydrogen) atoms. The summed E-state index contributed by atoms with van der Waals surface area (Å²) in [6.07, 6.45) is -6.18. The quantitative estimate of drug-likeness (QED) is 0.790. The van der Waals surface area contributed by atoms with Crippen molar-refractivity contribution in [2.45, 2.75) is 38.3 Å². The molecule has 1 aromatic carbocycles. The van der Waals surface area contributed by atoms with Crippen LogP contribution in [-0.2, 0) is 12.6 Å². The first-order valence-corrected chi connectivity index (χ1v) is 5.69. The zero-order valence-corrected chi connectivity index (χ0v) is 9.83. The number of nitrogens with zero attached hydrogens (tertiary/aromatic N) is 1. The summed E-state index contributed by atoms with van der Waals surface area (Å²) in [6.45, 7) is -2.33. The van der Waals surface area contributed by atoms with Gasteiger partial charge in [0.1, 0.15) is 6.09 Å². The van der Waals surface area contributed by atoms with Crippen LogP contribution in [0.5, 0.6) is 0 Å². The number of benzene rings is 1. The second kappa shape index (κ2) is 4.75. The van der Waals surface area contributed by atoms with E-state index in [2.05, 4.69) is 0 Å². The van der Waals surface area contributed by atoms with Crippen LogP contribution in [0.3, 0.4) is 0 Å². The zero-order valence-electron chi connectivity index (χ0n) is 12.8. The second-order valence-corrected chi connectivity index (χ2v) is 4.37. The molecule has 1 aromatic rings. The number of aryl methyl sites for hydroxylation is 1. The van der Waals surface area contributed by atoms with Crippen LogP contribution in [0.2, 0.25) is 0 Å². The molecule has 104 valence electrons. The van der Waals surface area contributed by atoms with Crippen molar-refractivity contribution in [2.24, 2.45) is 0 Å². The summed E-state index contributed by atoms with van der Waals surface area (Å²) in [5.41, 5.74) is -0.576. The monoisotopic (exact) mass is 275 g/mol. The topological polar surface area (TPSA) is 43.4 Å². The Morgan fingerprint density at radius 3 is 2.89 bits per heavy atom. The van der Waals surface area contributed by atoms with Crippen molar-refractivity contribution in [3.05, 3.63) is 29.3 Å².